The minimum atomic E-state index is -0.106. The van der Waals surface area contributed by atoms with Crippen molar-refractivity contribution in [3.05, 3.63) is 88.3 Å². The summed E-state index contributed by atoms with van der Waals surface area (Å²) in [5.74, 6) is -0.106. The molecule has 0 spiro atoms. The Morgan fingerprint density at radius 1 is 0.920 bits per heavy atom. The van der Waals surface area contributed by atoms with E-state index in [1.54, 1.807) is 0 Å². The number of hydrogen-bond acceptors (Lipinski definition) is 2. The molecule has 0 aliphatic heterocycles. The minimum Gasteiger partial charge on any atom is -0.322 e. The third kappa shape index (κ3) is 3.15. The number of benzene rings is 3. The zero-order chi connectivity index (χ0) is 17.2. The second-order valence-electron chi connectivity index (χ2n) is 5.58. The minimum absolute atomic E-state index is 0.106. The van der Waals surface area contributed by atoms with E-state index in [0.29, 0.717) is 5.56 Å². The number of imidazole rings is 1. The highest BCUT2D eigenvalue weighted by Crippen LogP contribution is 2.20. The summed E-state index contributed by atoms with van der Waals surface area (Å²) in [4.78, 5) is 16.8. The smallest absolute Gasteiger partial charge is 0.256 e. The third-order valence-corrected chi connectivity index (χ3v) is 4.92. The molecule has 0 saturated heterocycles. The predicted octanol–water partition coefficient (Wildman–Crippen LogP) is 4.88. The van der Waals surface area contributed by atoms with Crippen LogP contribution in [0.4, 0.5) is 5.69 Å². The number of nitrogens with zero attached hydrogens (tertiary/aromatic N) is 2. The fourth-order valence-electron chi connectivity index (χ4n) is 2.71. The summed E-state index contributed by atoms with van der Waals surface area (Å²) in [6.07, 6.45) is 1.81. The van der Waals surface area contributed by atoms with Gasteiger partial charge in [0.15, 0.2) is 0 Å². The van der Waals surface area contributed by atoms with Crippen molar-refractivity contribution in [2.24, 2.45) is 0 Å². The number of anilines is 1. The molecule has 0 radical (unpaired) electrons. The van der Waals surface area contributed by atoms with Crippen molar-refractivity contribution >= 4 is 45.2 Å². The Morgan fingerprint density at radius 2 is 1.64 bits per heavy atom. The molecule has 4 aromatic rings. The average molecular weight is 439 g/mol. The van der Waals surface area contributed by atoms with E-state index in [1.807, 2.05) is 83.7 Å². The SMILES string of the molecule is O=C(Nc1ccc(-n2cnc3ccccc32)cc1)c1ccccc1I. The molecule has 0 aliphatic carbocycles. The summed E-state index contributed by atoms with van der Waals surface area (Å²) in [6.45, 7) is 0. The summed E-state index contributed by atoms with van der Waals surface area (Å²) in [5, 5.41) is 2.94. The lowest BCUT2D eigenvalue weighted by Crippen LogP contribution is -2.13. The van der Waals surface area contributed by atoms with Gasteiger partial charge >= 0.3 is 0 Å². The van der Waals surface area contributed by atoms with Gasteiger partial charge in [-0.2, -0.15) is 0 Å². The number of aromatic nitrogens is 2. The Labute approximate surface area is 158 Å². The van der Waals surface area contributed by atoms with E-state index in [2.05, 4.69) is 32.9 Å². The third-order valence-electron chi connectivity index (χ3n) is 3.98. The zero-order valence-corrected chi connectivity index (χ0v) is 15.3. The van der Waals surface area contributed by atoms with Gasteiger partial charge in [0.1, 0.15) is 6.33 Å². The van der Waals surface area contributed by atoms with E-state index in [1.165, 1.54) is 0 Å². The van der Waals surface area contributed by atoms with E-state index in [0.717, 1.165) is 26.0 Å². The summed E-state index contributed by atoms with van der Waals surface area (Å²) in [5.41, 5.74) is 4.45. The maximum atomic E-state index is 12.4. The van der Waals surface area contributed by atoms with Crippen molar-refractivity contribution in [1.29, 1.82) is 0 Å². The summed E-state index contributed by atoms with van der Waals surface area (Å²) in [6, 6.07) is 23.3. The first kappa shape index (κ1) is 15.8. The zero-order valence-electron chi connectivity index (χ0n) is 13.2. The van der Waals surface area contributed by atoms with Gasteiger partial charge in [0.2, 0.25) is 0 Å². The van der Waals surface area contributed by atoms with Crippen LogP contribution in [0.3, 0.4) is 0 Å². The second kappa shape index (κ2) is 6.68. The molecule has 0 bridgehead atoms. The second-order valence-corrected chi connectivity index (χ2v) is 6.75. The molecule has 5 heteroatoms. The van der Waals surface area contributed by atoms with Crippen LogP contribution in [0, 0.1) is 3.57 Å². The van der Waals surface area contributed by atoms with Crippen LogP contribution in [0.2, 0.25) is 0 Å². The highest BCUT2D eigenvalue weighted by molar-refractivity contribution is 14.1. The Morgan fingerprint density at radius 3 is 2.44 bits per heavy atom. The number of para-hydroxylation sites is 2. The molecule has 25 heavy (non-hydrogen) atoms. The molecule has 122 valence electrons. The molecule has 0 unspecified atom stereocenters. The Hall–Kier alpha value is -2.67. The van der Waals surface area contributed by atoms with Crippen molar-refractivity contribution in [3.8, 4) is 5.69 Å². The van der Waals surface area contributed by atoms with Gasteiger partial charge < -0.3 is 5.32 Å². The van der Waals surface area contributed by atoms with Gasteiger partial charge in [-0.25, -0.2) is 4.98 Å². The molecule has 4 rings (SSSR count). The summed E-state index contributed by atoms with van der Waals surface area (Å²) < 4.78 is 2.96. The number of rotatable bonds is 3. The normalized spacial score (nSPS) is 10.8. The van der Waals surface area contributed by atoms with Crippen LogP contribution in [0.1, 0.15) is 10.4 Å². The molecule has 4 nitrogen and oxygen atoms in total. The van der Waals surface area contributed by atoms with E-state index in [4.69, 9.17) is 0 Å². The lowest BCUT2D eigenvalue weighted by Gasteiger charge is -2.09. The molecule has 0 fully saturated rings. The van der Waals surface area contributed by atoms with E-state index in [9.17, 15) is 4.79 Å². The number of nitrogens with one attached hydrogen (secondary N) is 1. The number of fused-ring (bicyclic) bond motifs is 1. The molecular weight excluding hydrogens is 425 g/mol. The maximum Gasteiger partial charge on any atom is 0.256 e. The van der Waals surface area contributed by atoms with Gasteiger partial charge in [-0.15, -0.1) is 0 Å². The van der Waals surface area contributed by atoms with E-state index in [-0.39, 0.29) is 5.91 Å². The molecule has 1 amide bonds. The first-order valence-electron chi connectivity index (χ1n) is 7.81. The highest BCUT2D eigenvalue weighted by atomic mass is 127. The molecule has 0 aliphatic rings. The molecule has 3 aromatic carbocycles. The number of amides is 1. The van der Waals surface area contributed by atoms with Crippen LogP contribution in [0.25, 0.3) is 16.7 Å². The standard InChI is InChI=1S/C20H14IN3O/c21-17-6-2-1-5-16(17)20(25)23-14-9-11-15(12-10-14)24-13-22-18-7-3-4-8-19(18)24/h1-13H,(H,23,25). The Balaban J connectivity index is 1.58. The molecule has 1 N–H and O–H groups in total. The number of halogens is 1. The van der Waals surface area contributed by atoms with Crippen LogP contribution >= 0.6 is 22.6 Å². The van der Waals surface area contributed by atoms with Crippen LogP contribution in [0.15, 0.2) is 79.1 Å². The van der Waals surface area contributed by atoms with Crippen LogP contribution in [0.5, 0.6) is 0 Å². The van der Waals surface area contributed by atoms with Gasteiger partial charge in [-0.3, -0.25) is 9.36 Å². The molecule has 1 aromatic heterocycles. The number of carbonyl (C=O) groups excluding carboxylic acids is 1. The lowest BCUT2D eigenvalue weighted by atomic mass is 10.2. The summed E-state index contributed by atoms with van der Waals surface area (Å²) >= 11 is 2.17. The van der Waals surface area contributed by atoms with E-state index >= 15 is 0 Å². The van der Waals surface area contributed by atoms with Crippen molar-refractivity contribution in [3.63, 3.8) is 0 Å². The average Bonchev–Trinajstić information content (AvgIpc) is 3.07. The number of hydrogen-bond donors (Lipinski definition) is 1. The molecule has 0 atom stereocenters. The first-order chi connectivity index (χ1) is 12.2. The quantitative estimate of drug-likeness (QED) is 0.463. The Bertz CT molecular complexity index is 1050. The predicted molar refractivity (Wildman–Crippen MR) is 108 cm³/mol. The lowest BCUT2D eigenvalue weighted by molar-refractivity contribution is 0.102. The van der Waals surface area contributed by atoms with Gasteiger partial charge in [0, 0.05) is 14.9 Å². The first-order valence-corrected chi connectivity index (χ1v) is 8.89. The molecule has 1 heterocycles. The van der Waals surface area contributed by atoms with Crippen LogP contribution in [-0.4, -0.2) is 15.5 Å². The molecular formula is C20H14IN3O. The maximum absolute atomic E-state index is 12.4. The monoisotopic (exact) mass is 439 g/mol. The fraction of sp³-hybridized carbons (Fsp3) is 0. The highest BCUT2D eigenvalue weighted by Gasteiger charge is 2.10. The van der Waals surface area contributed by atoms with E-state index < -0.39 is 0 Å². The van der Waals surface area contributed by atoms with Crippen molar-refractivity contribution in [2.45, 2.75) is 0 Å². The van der Waals surface area contributed by atoms with Gasteiger partial charge in [-0.1, -0.05) is 24.3 Å². The largest absolute Gasteiger partial charge is 0.322 e. The summed E-state index contributed by atoms with van der Waals surface area (Å²) in [7, 11) is 0. The van der Waals surface area contributed by atoms with Gasteiger partial charge in [-0.05, 0) is 71.1 Å². The van der Waals surface area contributed by atoms with Crippen molar-refractivity contribution < 1.29 is 4.79 Å². The van der Waals surface area contributed by atoms with Crippen molar-refractivity contribution in [1.82, 2.24) is 9.55 Å². The topological polar surface area (TPSA) is 46.9 Å². The fourth-order valence-corrected chi connectivity index (χ4v) is 3.35. The Kier molecular flexibility index (Phi) is 4.23. The van der Waals surface area contributed by atoms with Gasteiger partial charge in [0.05, 0.1) is 16.6 Å². The van der Waals surface area contributed by atoms with Crippen LogP contribution < -0.4 is 5.32 Å². The molecule has 0 saturated carbocycles. The van der Waals surface area contributed by atoms with Crippen LogP contribution in [-0.2, 0) is 0 Å². The number of carbonyl (C=O) groups is 1. The van der Waals surface area contributed by atoms with Crippen molar-refractivity contribution in [2.75, 3.05) is 5.32 Å². The van der Waals surface area contributed by atoms with Gasteiger partial charge in [0.25, 0.3) is 5.91 Å².